The van der Waals surface area contributed by atoms with Gasteiger partial charge in [0.25, 0.3) is 5.91 Å². The molecule has 8 nitrogen and oxygen atoms in total. The Balaban J connectivity index is 1.74. The first-order valence-corrected chi connectivity index (χ1v) is 8.85. The van der Waals surface area contributed by atoms with Crippen molar-refractivity contribution in [1.82, 2.24) is 19.8 Å². The van der Waals surface area contributed by atoms with E-state index in [1.54, 1.807) is 15.9 Å². The summed E-state index contributed by atoms with van der Waals surface area (Å²) in [5, 5.41) is 3.16. The highest BCUT2D eigenvalue weighted by Gasteiger charge is 2.23. The van der Waals surface area contributed by atoms with Gasteiger partial charge in [0.1, 0.15) is 5.69 Å². The molecule has 1 fully saturated rings. The van der Waals surface area contributed by atoms with Crippen LogP contribution in [0.5, 0.6) is 0 Å². The molecule has 1 aliphatic rings. The number of hydrogen-bond donors (Lipinski definition) is 1. The second-order valence-corrected chi connectivity index (χ2v) is 6.72. The number of nitrogens with zero attached hydrogens (tertiary/aromatic N) is 5. The lowest BCUT2D eigenvalue weighted by Crippen LogP contribution is -2.48. The molecule has 2 aromatic rings. The van der Waals surface area contributed by atoms with Crippen molar-refractivity contribution in [3.05, 3.63) is 41.7 Å². The number of carbonyl (C=O) groups is 2. The van der Waals surface area contributed by atoms with Gasteiger partial charge in [-0.15, -0.1) is 0 Å². The lowest BCUT2D eigenvalue weighted by molar-refractivity contribution is -0.119. The zero-order valence-corrected chi connectivity index (χ0v) is 15.8. The summed E-state index contributed by atoms with van der Waals surface area (Å²) >= 11 is 0. The largest absolute Gasteiger partial charge is 0.378 e. The minimum Gasteiger partial charge on any atom is -0.378 e. The van der Waals surface area contributed by atoms with Crippen LogP contribution in [-0.2, 0) is 4.79 Å². The van der Waals surface area contributed by atoms with E-state index in [4.69, 9.17) is 0 Å². The zero-order valence-electron chi connectivity index (χ0n) is 15.8. The average Bonchev–Trinajstić information content (AvgIpc) is 2.67. The summed E-state index contributed by atoms with van der Waals surface area (Å²) in [7, 11) is 3.97. The van der Waals surface area contributed by atoms with Gasteiger partial charge in [-0.2, -0.15) is 0 Å². The molecule has 0 unspecified atom stereocenters. The lowest BCUT2D eigenvalue weighted by atomic mass is 10.2. The smallest absolute Gasteiger partial charge is 0.272 e. The third kappa shape index (κ3) is 4.52. The van der Waals surface area contributed by atoms with Crippen LogP contribution in [0.2, 0.25) is 0 Å². The molecule has 0 saturated carbocycles. The number of anilines is 3. The molecule has 1 aromatic carbocycles. The summed E-state index contributed by atoms with van der Waals surface area (Å²) in [4.78, 5) is 37.8. The van der Waals surface area contributed by atoms with Crippen LogP contribution in [0.4, 0.5) is 17.3 Å². The number of amides is 2. The minimum atomic E-state index is -0.142. The van der Waals surface area contributed by atoms with Crippen molar-refractivity contribution in [3.63, 3.8) is 0 Å². The number of rotatable bonds is 5. The van der Waals surface area contributed by atoms with E-state index in [1.807, 2.05) is 50.2 Å². The van der Waals surface area contributed by atoms with Gasteiger partial charge in [-0.3, -0.25) is 9.59 Å². The highest BCUT2D eigenvalue weighted by atomic mass is 16.2. The van der Waals surface area contributed by atoms with Crippen LogP contribution in [-0.4, -0.2) is 72.4 Å². The molecule has 3 rings (SSSR count). The predicted molar refractivity (Wildman–Crippen MR) is 104 cm³/mol. The second kappa shape index (κ2) is 8.03. The van der Waals surface area contributed by atoms with Gasteiger partial charge in [-0.1, -0.05) is 0 Å². The topological polar surface area (TPSA) is 81.7 Å². The number of benzene rings is 1. The Bertz CT molecular complexity index is 813. The molecule has 1 aromatic heterocycles. The van der Waals surface area contributed by atoms with Gasteiger partial charge in [0, 0.05) is 57.3 Å². The first-order chi connectivity index (χ1) is 13.0. The maximum Gasteiger partial charge on any atom is 0.272 e. The summed E-state index contributed by atoms with van der Waals surface area (Å²) in [5.41, 5.74) is 3.02. The molecule has 0 bridgehead atoms. The van der Waals surface area contributed by atoms with Crippen molar-refractivity contribution in [2.45, 2.75) is 6.92 Å². The number of carbonyl (C=O) groups excluding carboxylic acids is 2. The van der Waals surface area contributed by atoms with Crippen molar-refractivity contribution in [3.8, 4) is 0 Å². The fourth-order valence-electron chi connectivity index (χ4n) is 2.90. The van der Waals surface area contributed by atoms with Crippen LogP contribution < -0.4 is 10.2 Å². The van der Waals surface area contributed by atoms with Crippen LogP contribution in [0.15, 0.2) is 30.3 Å². The fraction of sp³-hybridized carbons (Fsp3) is 0.368. The first kappa shape index (κ1) is 18.6. The van der Waals surface area contributed by atoms with Crippen LogP contribution in [0.3, 0.4) is 0 Å². The molecule has 142 valence electrons. The normalized spacial score (nSPS) is 14.0. The number of piperazine rings is 1. The summed E-state index contributed by atoms with van der Waals surface area (Å²) in [6, 6.07) is 9.57. The monoisotopic (exact) mass is 368 g/mol. The van der Waals surface area contributed by atoms with E-state index in [-0.39, 0.29) is 5.91 Å². The molecule has 2 heterocycles. The van der Waals surface area contributed by atoms with Crippen molar-refractivity contribution in [1.29, 1.82) is 0 Å². The maximum absolute atomic E-state index is 12.8. The minimum absolute atomic E-state index is 0.142. The molecular formula is C19H24N6O2. The summed E-state index contributed by atoms with van der Waals surface area (Å²) in [5.74, 6) is 0.250. The quantitative estimate of drug-likeness (QED) is 0.806. The Kier molecular flexibility index (Phi) is 5.54. The van der Waals surface area contributed by atoms with Crippen molar-refractivity contribution in [2.24, 2.45) is 0 Å². The summed E-state index contributed by atoms with van der Waals surface area (Å²) in [6.07, 6.45) is 0.820. The zero-order chi connectivity index (χ0) is 19.4. The number of aromatic nitrogens is 2. The first-order valence-electron chi connectivity index (χ1n) is 8.85. The van der Waals surface area contributed by atoms with Gasteiger partial charge >= 0.3 is 0 Å². The standard InChI is InChI=1S/C19H24N6O2/c1-14-12-17(18(27)25-10-8-24(13-26)9-11-25)22-19(20-14)21-15-4-6-16(7-5-15)23(2)3/h4-7,12-13H,8-11H2,1-3H3,(H,20,21,22). The Labute approximate surface area is 158 Å². The van der Waals surface area contributed by atoms with Crippen molar-refractivity contribution < 1.29 is 9.59 Å². The molecule has 0 spiro atoms. The van der Waals surface area contributed by atoms with E-state index in [2.05, 4.69) is 15.3 Å². The van der Waals surface area contributed by atoms with Crippen LogP contribution in [0.25, 0.3) is 0 Å². The van der Waals surface area contributed by atoms with Gasteiger partial charge in [-0.25, -0.2) is 9.97 Å². The molecular weight excluding hydrogens is 344 g/mol. The summed E-state index contributed by atoms with van der Waals surface area (Å²) in [6.45, 7) is 3.94. The van der Waals surface area contributed by atoms with E-state index >= 15 is 0 Å². The molecule has 2 amide bonds. The maximum atomic E-state index is 12.8. The molecule has 8 heteroatoms. The van der Waals surface area contributed by atoms with Crippen molar-refractivity contribution >= 4 is 29.6 Å². The third-order valence-corrected chi connectivity index (χ3v) is 4.46. The molecule has 1 saturated heterocycles. The van der Waals surface area contributed by atoms with Crippen LogP contribution >= 0.6 is 0 Å². The lowest BCUT2D eigenvalue weighted by Gasteiger charge is -2.32. The third-order valence-electron chi connectivity index (χ3n) is 4.46. The van der Waals surface area contributed by atoms with E-state index in [1.165, 1.54) is 0 Å². The molecule has 0 atom stereocenters. The predicted octanol–water partition coefficient (Wildman–Crippen LogP) is 1.51. The molecule has 0 radical (unpaired) electrons. The van der Waals surface area contributed by atoms with Gasteiger partial charge in [0.2, 0.25) is 12.4 Å². The molecule has 1 N–H and O–H groups in total. The molecule has 0 aliphatic carbocycles. The van der Waals surface area contributed by atoms with E-state index in [0.29, 0.717) is 43.5 Å². The molecule has 27 heavy (non-hydrogen) atoms. The number of aryl methyl sites for hydroxylation is 1. The van der Waals surface area contributed by atoms with E-state index in [9.17, 15) is 9.59 Å². The average molecular weight is 368 g/mol. The summed E-state index contributed by atoms with van der Waals surface area (Å²) < 4.78 is 0. The Morgan fingerprint density at radius 1 is 1.11 bits per heavy atom. The van der Waals surface area contributed by atoms with E-state index < -0.39 is 0 Å². The Hall–Kier alpha value is -3.16. The van der Waals surface area contributed by atoms with E-state index in [0.717, 1.165) is 17.8 Å². The number of hydrogen-bond acceptors (Lipinski definition) is 6. The number of nitrogens with one attached hydrogen (secondary N) is 1. The highest BCUT2D eigenvalue weighted by molar-refractivity contribution is 5.93. The van der Waals surface area contributed by atoms with Crippen LogP contribution in [0, 0.1) is 6.92 Å². The highest BCUT2D eigenvalue weighted by Crippen LogP contribution is 2.19. The van der Waals surface area contributed by atoms with Gasteiger partial charge < -0.3 is 20.0 Å². The van der Waals surface area contributed by atoms with Gasteiger partial charge in [-0.05, 0) is 37.3 Å². The van der Waals surface area contributed by atoms with Gasteiger partial charge in [0.05, 0.1) is 0 Å². The van der Waals surface area contributed by atoms with Crippen molar-refractivity contribution in [2.75, 3.05) is 50.5 Å². The SMILES string of the molecule is Cc1cc(C(=O)N2CCN(C=O)CC2)nc(Nc2ccc(N(C)C)cc2)n1. The molecule has 1 aliphatic heterocycles. The second-order valence-electron chi connectivity index (χ2n) is 6.72. The fourth-order valence-corrected chi connectivity index (χ4v) is 2.90. The Morgan fingerprint density at radius 2 is 1.78 bits per heavy atom. The van der Waals surface area contributed by atoms with Crippen LogP contribution in [0.1, 0.15) is 16.2 Å². The Morgan fingerprint density at radius 3 is 2.37 bits per heavy atom. The van der Waals surface area contributed by atoms with Gasteiger partial charge in [0.15, 0.2) is 0 Å².